The standard InChI is InChI=1S/C27H33N3O6/c1-5-26-12-6-14-28(3)23(32)20(26)21-24(33)30(17(2)16-31)22-25(34)29(15-7-13-27(21,22)36-26)18-8-10-19(35-4)11-9-18/h6-13,17,20-22,31H,5,14-16H2,1-4H3/t17-,20-,21+,22?,26+,27+/m1/s1. The molecule has 9 heteroatoms. The molecule has 1 aromatic carbocycles. The van der Waals surface area contributed by atoms with Gasteiger partial charge in [-0.1, -0.05) is 31.2 Å². The maximum atomic E-state index is 14.3. The molecular weight excluding hydrogens is 462 g/mol. The van der Waals surface area contributed by atoms with E-state index in [9.17, 15) is 19.5 Å². The van der Waals surface area contributed by atoms with Crippen LogP contribution in [0.15, 0.2) is 48.6 Å². The summed E-state index contributed by atoms with van der Waals surface area (Å²) >= 11 is 0. The molecule has 0 aromatic heterocycles. The van der Waals surface area contributed by atoms with Crippen LogP contribution in [0.2, 0.25) is 0 Å². The van der Waals surface area contributed by atoms with Crippen LogP contribution in [0.5, 0.6) is 5.75 Å². The summed E-state index contributed by atoms with van der Waals surface area (Å²) in [7, 11) is 3.29. The minimum Gasteiger partial charge on any atom is -0.497 e. The van der Waals surface area contributed by atoms with Gasteiger partial charge in [0.05, 0.1) is 37.2 Å². The van der Waals surface area contributed by atoms with Crippen LogP contribution in [0.3, 0.4) is 0 Å². The highest BCUT2D eigenvalue weighted by atomic mass is 16.5. The van der Waals surface area contributed by atoms with Crippen molar-refractivity contribution in [3.8, 4) is 5.75 Å². The van der Waals surface area contributed by atoms with Gasteiger partial charge in [0.15, 0.2) is 0 Å². The Kier molecular flexibility index (Phi) is 5.95. The van der Waals surface area contributed by atoms with Crippen LogP contribution < -0.4 is 9.64 Å². The van der Waals surface area contributed by atoms with Gasteiger partial charge in [-0.25, -0.2) is 0 Å². The minimum absolute atomic E-state index is 0.175. The number of nitrogens with zero attached hydrogens (tertiary/aromatic N) is 3. The van der Waals surface area contributed by atoms with E-state index < -0.39 is 35.1 Å². The van der Waals surface area contributed by atoms with E-state index in [-0.39, 0.29) is 30.9 Å². The normalized spacial score (nSPS) is 34.3. The van der Waals surface area contributed by atoms with Gasteiger partial charge in [-0.15, -0.1) is 0 Å². The second kappa shape index (κ2) is 8.74. The molecule has 4 heterocycles. The quantitative estimate of drug-likeness (QED) is 0.620. The van der Waals surface area contributed by atoms with Gasteiger partial charge in [-0.3, -0.25) is 14.4 Å². The largest absolute Gasteiger partial charge is 0.497 e. The Bertz CT molecular complexity index is 1130. The Morgan fingerprint density at radius 2 is 1.75 bits per heavy atom. The Hall–Kier alpha value is -3.17. The molecule has 1 spiro atoms. The number of likely N-dealkylation sites (N-methyl/N-ethyl adjacent to an activating group) is 1. The number of benzene rings is 1. The van der Waals surface area contributed by atoms with E-state index in [4.69, 9.17) is 9.47 Å². The third-order valence-corrected chi connectivity index (χ3v) is 8.20. The zero-order valence-corrected chi connectivity index (χ0v) is 21.1. The highest BCUT2D eigenvalue weighted by Gasteiger charge is 2.75. The fraction of sp³-hybridized carbons (Fsp3) is 0.519. The number of carbonyl (C=O) groups excluding carboxylic acids is 3. The van der Waals surface area contributed by atoms with Gasteiger partial charge in [0.25, 0.3) is 5.91 Å². The number of amides is 3. The number of fused-ring (bicyclic) bond motifs is 2. The molecular formula is C27H33N3O6. The van der Waals surface area contributed by atoms with Crippen LogP contribution in [0.1, 0.15) is 20.3 Å². The molecule has 4 aliphatic rings. The molecule has 1 N–H and O–H groups in total. The first-order chi connectivity index (χ1) is 17.2. The summed E-state index contributed by atoms with van der Waals surface area (Å²) in [6.45, 7) is 4.03. The van der Waals surface area contributed by atoms with Crippen molar-refractivity contribution in [1.29, 1.82) is 0 Å². The fourth-order valence-electron chi connectivity index (χ4n) is 6.38. The first-order valence-corrected chi connectivity index (χ1v) is 12.4. The van der Waals surface area contributed by atoms with Crippen molar-refractivity contribution in [3.63, 3.8) is 0 Å². The van der Waals surface area contributed by atoms with Gasteiger partial charge >= 0.3 is 0 Å². The molecule has 2 saturated heterocycles. The zero-order chi connectivity index (χ0) is 25.8. The number of carbonyl (C=O) groups is 3. The zero-order valence-electron chi connectivity index (χ0n) is 21.1. The van der Waals surface area contributed by atoms with E-state index >= 15 is 0 Å². The number of ether oxygens (including phenoxy) is 2. The lowest BCUT2D eigenvalue weighted by atomic mass is 9.73. The third-order valence-electron chi connectivity index (χ3n) is 8.20. The molecule has 4 aliphatic heterocycles. The molecule has 0 bridgehead atoms. The van der Waals surface area contributed by atoms with Crippen LogP contribution in [0.25, 0.3) is 0 Å². The Morgan fingerprint density at radius 1 is 1.06 bits per heavy atom. The predicted octanol–water partition coefficient (Wildman–Crippen LogP) is 1.37. The van der Waals surface area contributed by atoms with E-state index in [1.807, 2.05) is 31.2 Å². The van der Waals surface area contributed by atoms with E-state index in [0.717, 1.165) is 0 Å². The van der Waals surface area contributed by atoms with Gasteiger partial charge in [0.2, 0.25) is 11.8 Å². The van der Waals surface area contributed by atoms with Crippen LogP contribution in [0.4, 0.5) is 5.69 Å². The van der Waals surface area contributed by atoms with Crippen LogP contribution >= 0.6 is 0 Å². The molecule has 36 heavy (non-hydrogen) atoms. The van der Waals surface area contributed by atoms with Crippen molar-refractivity contribution in [1.82, 2.24) is 9.80 Å². The summed E-state index contributed by atoms with van der Waals surface area (Å²) < 4.78 is 12.1. The van der Waals surface area contributed by atoms with Gasteiger partial charge in [-0.05, 0) is 37.6 Å². The van der Waals surface area contributed by atoms with E-state index in [1.54, 1.807) is 55.1 Å². The molecule has 2 fully saturated rings. The topological polar surface area (TPSA) is 99.6 Å². The maximum Gasteiger partial charge on any atom is 0.253 e. The summed E-state index contributed by atoms with van der Waals surface area (Å²) in [6, 6.07) is 5.49. The minimum atomic E-state index is -1.34. The molecule has 0 radical (unpaired) electrons. The smallest absolute Gasteiger partial charge is 0.253 e. The molecule has 1 aromatic rings. The Morgan fingerprint density at radius 3 is 2.39 bits per heavy atom. The average molecular weight is 496 g/mol. The van der Waals surface area contributed by atoms with Crippen molar-refractivity contribution in [3.05, 3.63) is 48.6 Å². The molecule has 3 amide bonds. The van der Waals surface area contributed by atoms with Crippen molar-refractivity contribution < 1.29 is 29.0 Å². The number of likely N-dealkylation sites (tertiary alicyclic amines) is 1. The van der Waals surface area contributed by atoms with Gasteiger partial charge in [0, 0.05) is 25.8 Å². The average Bonchev–Trinajstić information content (AvgIpc) is 3.20. The molecule has 192 valence electrons. The number of methoxy groups -OCH3 is 1. The van der Waals surface area contributed by atoms with Crippen molar-refractivity contribution in [2.45, 2.75) is 43.6 Å². The number of anilines is 1. The second-order valence-corrected chi connectivity index (χ2v) is 10.1. The van der Waals surface area contributed by atoms with E-state index in [0.29, 0.717) is 24.4 Å². The monoisotopic (exact) mass is 495 g/mol. The number of aliphatic hydroxyl groups excluding tert-OH is 1. The summed E-state index contributed by atoms with van der Waals surface area (Å²) in [6.07, 6.45) is 7.95. The first kappa shape index (κ1) is 24.5. The summed E-state index contributed by atoms with van der Waals surface area (Å²) in [5.74, 6) is -1.82. The number of aliphatic hydroxyl groups is 1. The third kappa shape index (κ3) is 3.25. The molecule has 0 aliphatic carbocycles. The highest BCUT2D eigenvalue weighted by Crippen LogP contribution is 2.58. The summed E-state index contributed by atoms with van der Waals surface area (Å²) in [5, 5.41) is 10.1. The van der Waals surface area contributed by atoms with Gasteiger partial charge in [-0.2, -0.15) is 0 Å². The van der Waals surface area contributed by atoms with E-state index in [1.165, 1.54) is 4.90 Å². The van der Waals surface area contributed by atoms with Crippen LogP contribution in [-0.2, 0) is 19.1 Å². The molecule has 0 saturated carbocycles. The first-order valence-electron chi connectivity index (χ1n) is 12.4. The molecule has 6 atom stereocenters. The van der Waals surface area contributed by atoms with Gasteiger partial charge < -0.3 is 29.3 Å². The molecule has 9 nitrogen and oxygen atoms in total. The summed E-state index contributed by atoms with van der Waals surface area (Å²) in [4.78, 5) is 46.7. The number of rotatable bonds is 5. The summed E-state index contributed by atoms with van der Waals surface area (Å²) in [5.41, 5.74) is -1.69. The maximum absolute atomic E-state index is 14.3. The lowest BCUT2D eigenvalue weighted by molar-refractivity contribution is -0.151. The predicted molar refractivity (Wildman–Crippen MR) is 132 cm³/mol. The van der Waals surface area contributed by atoms with Crippen molar-refractivity contribution in [2.75, 3.05) is 38.8 Å². The fourth-order valence-corrected chi connectivity index (χ4v) is 6.38. The van der Waals surface area contributed by atoms with Crippen LogP contribution in [-0.4, -0.2) is 89.8 Å². The van der Waals surface area contributed by atoms with Gasteiger partial charge in [0.1, 0.15) is 17.4 Å². The highest BCUT2D eigenvalue weighted by molar-refractivity contribution is 6.06. The van der Waals surface area contributed by atoms with E-state index in [2.05, 4.69) is 0 Å². The second-order valence-electron chi connectivity index (χ2n) is 10.1. The number of hydrogen-bond donors (Lipinski definition) is 1. The molecule has 1 unspecified atom stereocenters. The lowest BCUT2D eigenvalue weighted by Gasteiger charge is -2.40. The van der Waals surface area contributed by atoms with Crippen molar-refractivity contribution >= 4 is 23.4 Å². The Labute approximate surface area is 210 Å². The SMILES string of the molecule is CC[C@]12C=CCN(C)C(=O)[C@H]1[C@H]1C(=O)N([C@H](C)CO)C3C(=O)N(c4ccc(OC)cc4)CC=C[C@@]31O2. The lowest BCUT2D eigenvalue weighted by Crippen LogP contribution is -2.58. The van der Waals surface area contributed by atoms with Crippen LogP contribution in [0, 0.1) is 11.8 Å². The van der Waals surface area contributed by atoms with Crippen molar-refractivity contribution in [2.24, 2.45) is 11.8 Å². The Balaban J connectivity index is 1.67. The molecule has 5 rings (SSSR count). The number of hydrogen-bond acceptors (Lipinski definition) is 6.